The Kier molecular flexibility index (Phi) is 3.61. The van der Waals surface area contributed by atoms with Crippen LogP contribution in [0.3, 0.4) is 0 Å². The van der Waals surface area contributed by atoms with Crippen LogP contribution in [0.2, 0.25) is 0 Å². The van der Waals surface area contributed by atoms with Crippen LogP contribution >= 0.6 is 12.2 Å². The quantitative estimate of drug-likeness (QED) is 0.859. The average Bonchev–Trinajstić information content (AvgIpc) is 2.79. The summed E-state index contributed by atoms with van der Waals surface area (Å²) in [6.07, 6.45) is 2.00. The highest BCUT2D eigenvalue weighted by molar-refractivity contribution is 7.71. The number of aryl methyl sites for hydroxylation is 2. The van der Waals surface area contributed by atoms with Crippen LogP contribution in [0.25, 0.3) is 11.2 Å². The molecule has 0 radical (unpaired) electrons. The Morgan fingerprint density at radius 1 is 1.33 bits per heavy atom. The van der Waals surface area contributed by atoms with Gasteiger partial charge in [-0.05, 0) is 31.0 Å². The van der Waals surface area contributed by atoms with Gasteiger partial charge in [-0.2, -0.15) is 5.10 Å². The van der Waals surface area contributed by atoms with Gasteiger partial charge in [-0.1, -0.05) is 27.7 Å². The van der Waals surface area contributed by atoms with Gasteiger partial charge in [0.25, 0.3) is 0 Å². The molecule has 0 saturated heterocycles. The smallest absolute Gasteiger partial charge is 0.179 e. The van der Waals surface area contributed by atoms with Crippen molar-refractivity contribution in [2.45, 2.75) is 46.6 Å². The standard InChI is InChI=1S/C13H22N4S/c1-6-9-11-12(16(5)15-9)17(13(18)14-11)10(7-2)8(3)4/h8,10H,6-7H2,1-5H3,(H,14,18). The van der Waals surface area contributed by atoms with Crippen molar-refractivity contribution in [3.63, 3.8) is 0 Å². The van der Waals surface area contributed by atoms with E-state index in [-0.39, 0.29) is 0 Å². The number of hydrogen-bond donors (Lipinski definition) is 1. The topological polar surface area (TPSA) is 38.5 Å². The van der Waals surface area contributed by atoms with E-state index in [9.17, 15) is 0 Å². The summed E-state index contributed by atoms with van der Waals surface area (Å²) in [5, 5.41) is 4.56. The third kappa shape index (κ3) is 1.90. The highest BCUT2D eigenvalue weighted by atomic mass is 32.1. The maximum Gasteiger partial charge on any atom is 0.179 e. The number of fused-ring (bicyclic) bond motifs is 1. The molecule has 2 heterocycles. The molecule has 0 saturated carbocycles. The lowest BCUT2D eigenvalue weighted by molar-refractivity contribution is 0.366. The van der Waals surface area contributed by atoms with Gasteiger partial charge in [-0.25, -0.2) is 0 Å². The zero-order chi connectivity index (χ0) is 13.4. The molecule has 5 heteroatoms. The molecule has 1 unspecified atom stereocenters. The molecule has 0 aliphatic heterocycles. The van der Waals surface area contributed by atoms with Gasteiger partial charge < -0.3 is 4.98 Å². The number of nitrogens with one attached hydrogen (secondary N) is 1. The minimum Gasteiger partial charge on any atom is -0.328 e. The summed E-state index contributed by atoms with van der Waals surface area (Å²) in [6, 6.07) is 0.423. The zero-order valence-electron chi connectivity index (χ0n) is 11.8. The first-order valence-electron chi connectivity index (χ1n) is 6.67. The van der Waals surface area contributed by atoms with Gasteiger partial charge in [0.2, 0.25) is 0 Å². The lowest BCUT2D eigenvalue weighted by atomic mass is 10.0. The molecule has 0 spiro atoms. The second-order valence-corrected chi connectivity index (χ2v) is 5.53. The molecule has 0 aliphatic rings. The summed E-state index contributed by atoms with van der Waals surface area (Å²) < 4.78 is 5.00. The second kappa shape index (κ2) is 4.88. The fraction of sp³-hybridized carbons (Fsp3) is 0.692. The number of aromatic nitrogens is 4. The van der Waals surface area contributed by atoms with Crippen molar-refractivity contribution in [2.24, 2.45) is 13.0 Å². The van der Waals surface area contributed by atoms with Crippen LogP contribution < -0.4 is 0 Å². The molecular weight excluding hydrogens is 244 g/mol. The van der Waals surface area contributed by atoms with E-state index in [0.29, 0.717) is 12.0 Å². The fourth-order valence-corrected chi connectivity index (χ4v) is 3.07. The summed E-state index contributed by atoms with van der Waals surface area (Å²) in [5.74, 6) is 0.556. The first-order valence-corrected chi connectivity index (χ1v) is 7.08. The summed E-state index contributed by atoms with van der Waals surface area (Å²) in [4.78, 5) is 3.33. The molecule has 2 aromatic heterocycles. The molecule has 2 aromatic rings. The average molecular weight is 266 g/mol. The molecule has 0 bridgehead atoms. The summed E-state index contributed by atoms with van der Waals surface area (Å²) in [5.41, 5.74) is 3.32. The number of H-pyrrole nitrogens is 1. The summed E-state index contributed by atoms with van der Waals surface area (Å²) >= 11 is 5.50. The highest BCUT2D eigenvalue weighted by Crippen LogP contribution is 2.28. The second-order valence-electron chi connectivity index (χ2n) is 5.14. The van der Waals surface area contributed by atoms with Gasteiger partial charge in [-0.15, -0.1) is 0 Å². The van der Waals surface area contributed by atoms with Crippen molar-refractivity contribution >= 4 is 23.4 Å². The van der Waals surface area contributed by atoms with Crippen LogP contribution in [0.15, 0.2) is 0 Å². The lowest BCUT2D eigenvalue weighted by Crippen LogP contribution is -2.16. The van der Waals surface area contributed by atoms with E-state index in [1.807, 2.05) is 11.7 Å². The van der Waals surface area contributed by atoms with Crippen LogP contribution in [0, 0.1) is 10.7 Å². The van der Waals surface area contributed by atoms with Gasteiger partial charge >= 0.3 is 0 Å². The van der Waals surface area contributed by atoms with Crippen molar-refractivity contribution in [3.8, 4) is 0 Å². The van der Waals surface area contributed by atoms with Gasteiger partial charge in [-0.3, -0.25) is 9.25 Å². The first-order chi connectivity index (χ1) is 8.51. The predicted molar refractivity (Wildman–Crippen MR) is 77.4 cm³/mol. The highest BCUT2D eigenvalue weighted by Gasteiger charge is 2.21. The monoisotopic (exact) mass is 266 g/mol. The summed E-state index contributed by atoms with van der Waals surface area (Å²) in [6.45, 7) is 8.82. The molecular formula is C13H22N4S. The van der Waals surface area contributed by atoms with E-state index in [0.717, 1.165) is 34.5 Å². The molecule has 0 aromatic carbocycles. The molecule has 4 nitrogen and oxygen atoms in total. The van der Waals surface area contributed by atoms with E-state index >= 15 is 0 Å². The molecule has 0 amide bonds. The zero-order valence-corrected chi connectivity index (χ0v) is 12.6. The lowest BCUT2D eigenvalue weighted by Gasteiger charge is -2.21. The SMILES string of the molecule is CCc1nn(C)c2c1[nH]c(=S)n2C(CC)C(C)C. The number of imidazole rings is 1. The molecule has 0 aliphatic carbocycles. The molecule has 1 N–H and O–H groups in total. The normalized spacial score (nSPS) is 13.7. The van der Waals surface area contributed by atoms with Crippen molar-refractivity contribution in [2.75, 3.05) is 0 Å². The fourth-order valence-electron chi connectivity index (χ4n) is 2.74. The third-order valence-electron chi connectivity index (χ3n) is 3.62. The Morgan fingerprint density at radius 3 is 2.50 bits per heavy atom. The van der Waals surface area contributed by atoms with E-state index in [1.54, 1.807) is 0 Å². The number of rotatable bonds is 4. The Bertz CT molecular complexity index is 602. The molecule has 2 rings (SSSR count). The van der Waals surface area contributed by atoms with Crippen molar-refractivity contribution in [1.82, 2.24) is 19.3 Å². The van der Waals surface area contributed by atoms with Crippen LogP contribution in [0.4, 0.5) is 0 Å². The first kappa shape index (κ1) is 13.3. The van der Waals surface area contributed by atoms with Gasteiger partial charge in [0, 0.05) is 13.1 Å². The van der Waals surface area contributed by atoms with Gasteiger partial charge in [0.1, 0.15) is 5.52 Å². The van der Waals surface area contributed by atoms with Crippen molar-refractivity contribution in [3.05, 3.63) is 10.5 Å². The Morgan fingerprint density at radius 2 is 2.00 bits per heavy atom. The predicted octanol–water partition coefficient (Wildman–Crippen LogP) is 3.60. The van der Waals surface area contributed by atoms with Crippen LogP contribution in [-0.2, 0) is 13.5 Å². The maximum atomic E-state index is 5.50. The van der Waals surface area contributed by atoms with Crippen molar-refractivity contribution in [1.29, 1.82) is 0 Å². The molecule has 1 atom stereocenters. The van der Waals surface area contributed by atoms with E-state index in [2.05, 4.69) is 42.3 Å². The number of nitrogens with zero attached hydrogens (tertiary/aromatic N) is 3. The Labute approximate surface area is 113 Å². The third-order valence-corrected chi connectivity index (χ3v) is 3.92. The molecule has 100 valence electrons. The van der Waals surface area contributed by atoms with Crippen LogP contribution in [0.1, 0.15) is 45.9 Å². The van der Waals surface area contributed by atoms with E-state index < -0.39 is 0 Å². The Hall–Kier alpha value is -1.10. The van der Waals surface area contributed by atoms with Crippen molar-refractivity contribution < 1.29 is 0 Å². The van der Waals surface area contributed by atoms with E-state index in [4.69, 9.17) is 12.2 Å². The maximum absolute atomic E-state index is 5.50. The van der Waals surface area contributed by atoms with Gasteiger partial charge in [0.15, 0.2) is 10.4 Å². The summed E-state index contributed by atoms with van der Waals surface area (Å²) in [7, 11) is 1.99. The number of hydrogen-bond acceptors (Lipinski definition) is 2. The molecule has 18 heavy (non-hydrogen) atoms. The number of aromatic amines is 1. The minimum atomic E-state index is 0.423. The Balaban J connectivity index is 2.74. The van der Waals surface area contributed by atoms with E-state index in [1.165, 1.54) is 0 Å². The molecule has 0 fully saturated rings. The minimum absolute atomic E-state index is 0.423. The van der Waals surface area contributed by atoms with Crippen LogP contribution in [-0.4, -0.2) is 19.3 Å². The van der Waals surface area contributed by atoms with Crippen LogP contribution in [0.5, 0.6) is 0 Å². The van der Waals surface area contributed by atoms with Gasteiger partial charge in [0.05, 0.1) is 5.69 Å². The largest absolute Gasteiger partial charge is 0.328 e.